The molecule has 1 aromatic heterocycles. The van der Waals surface area contributed by atoms with Gasteiger partial charge in [0.15, 0.2) is 0 Å². The van der Waals surface area contributed by atoms with Crippen molar-refractivity contribution in [3.63, 3.8) is 0 Å². The van der Waals surface area contributed by atoms with E-state index in [1.807, 2.05) is 0 Å². The SMILES string of the molecule is O=[N+]([O-])C1C=C(F)C(c2cccnc2)NC1. The molecule has 0 saturated heterocycles. The molecule has 1 N–H and O–H groups in total. The Morgan fingerprint density at radius 3 is 3.00 bits per heavy atom. The van der Waals surface area contributed by atoms with Crippen LogP contribution in [-0.4, -0.2) is 22.5 Å². The molecule has 0 fully saturated rings. The minimum Gasteiger partial charge on any atom is -0.297 e. The molecule has 2 rings (SSSR count). The number of pyridine rings is 1. The first-order valence-corrected chi connectivity index (χ1v) is 4.82. The minimum absolute atomic E-state index is 0.125. The van der Waals surface area contributed by atoms with Gasteiger partial charge in [0.1, 0.15) is 5.83 Å². The Balaban J connectivity index is 2.22. The monoisotopic (exact) mass is 223 g/mol. The molecule has 2 unspecified atom stereocenters. The van der Waals surface area contributed by atoms with Crippen LogP contribution < -0.4 is 5.32 Å². The third-order valence-electron chi connectivity index (χ3n) is 2.45. The first-order valence-electron chi connectivity index (χ1n) is 4.82. The lowest BCUT2D eigenvalue weighted by atomic mass is 10.0. The van der Waals surface area contributed by atoms with Gasteiger partial charge >= 0.3 is 0 Å². The zero-order chi connectivity index (χ0) is 11.5. The maximum Gasteiger partial charge on any atom is 0.246 e. The highest BCUT2D eigenvalue weighted by atomic mass is 19.1. The predicted molar refractivity (Wildman–Crippen MR) is 55.0 cm³/mol. The summed E-state index contributed by atoms with van der Waals surface area (Å²) in [7, 11) is 0. The molecule has 5 nitrogen and oxygen atoms in total. The third kappa shape index (κ3) is 2.06. The van der Waals surface area contributed by atoms with Crippen molar-refractivity contribution in [2.24, 2.45) is 0 Å². The number of hydrogen-bond acceptors (Lipinski definition) is 4. The number of nitro groups is 1. The van der Waals surface area contributed by atoms with Crippen LogP contribution in [0.2, 0.25) is 0 Å². The number of hydrogen-bond donors (Lipinski definition) is 1. The van der Waals surface area contributed by atoms with Gasteiger partial charge < -0.3 is 0 Å². The fourth-order valence-corrected chi connectivity index (χ4v) is 1.63. The van der Waals surface area contributed by atoms with Crippen LogP contribution >= 0.6 is 0 Å². The smallest absolute Gasteiger partial charge is 0.246 e. The van der Waals surface area contributed by atoms with Gasteiger partial charge in [-0.3, -0.25) is 20.4 Å². The average Bonchev–Trinajstić information content (AvgIpc) is 2.30. The highest BCUT2D eigenvalue weighted by Gasteiger charge is 2.29. The number of nitrogens with zero attached hydrogens (tertiary/aromatic N) is 2. The zero-order valence-electron chi connectivity index (χ0n) is 8.34. The van der Waals surface area contributed by atoms with E-state index in [2.05, 4.69) is 10.3 Å². The summed E-state index contributed by atoms with van der Waals surface area (Å²) in [6, 6.07) is 1.81. The van der Waals surface area contributed by atoms with Gasteiger partial charge in [-0.15, -0.1) is 0 Å². The highest BCUT2D eigenvalue weighted by molar-refractivity contribution is 5.25. The summed E-state index contributed by atoms with van der Waals surface area (Å²) in [6.07, 6.45) is 4.18. The molecule has 0 bridgehead atoms. The molecule has 0 saturated carbocycles. The lowest BCUT2D eigenvalue weighted by Crippen LogP contribution is -2.38. The van der Waals surface area contributed by atoms with Crippen LogP contribution in [0, 0.1) is 10.1 Å². The molecule has 1 aliphatic heterocycles. The molecule has 84 valence electrons. The van der Waals surface area contributed by atoms with E-state index in [0.29, 0.717) is 5.56 Å². The van der Waals surface area contributed by atoms with Crippen LogP contribution in [0.5, 0.6) is 0 Å². The highest BCUT2D eigenvalue weighted by Crippen LogP contribution is 2.25. The molecule has 1 aromatic rings. The van der Waals surface area contributed by atoms with Crippen LogP contribution in [0.25, 0.3) is 0 Å². The summed E-state index contributed by atoms with van der Waals surface area (Å²) in [5.41, 5.74) is 0.665. The van der Waals surface area contributed by atoms with E-state index < -0.39 is 22.8 Å². The molecule has 0 aromatic carbocycles. The number of nitrogens with one attached hydrogen (secondary N) is 1. The number of halogens is 1. The molecule has 16 heavy (non-hydrogen) atoms. The molecule has 0 aliphatic carbocycles. The van der Waals surface area contributed by atoms with E-state index in [0.717, 1.165) is 6.08 Å². The molecular formula is C10H10FN3O2. The molecule has 2 atom stereocenters. The molecule has 6 heteroatoms. The largest absolute Gasteiger partial charge is 0.297 e. The predicted octanol–water partition coefficient (Wildman–Crippen LogP) is 1.22. The molecule has 1 aliphatic rings. The van der Waals surface area contributed by atoms with Gasteiger partial charge in [-0.1, -0.05) is 6.07 Å². The van der Waals surface area contributed by atoms with Gasteiger partial charge in [0, 0.05) is 23.4 Å². The first-order chi connectivity index (χ1) is 7.68. The van der Waals surface area contributed by atoms with E-state index in [9.17, 15) is 14.5 Å². The van der Waals surface area contributed by atoms with Crippen molar-refractivity contribution < 1.29 is 9.31 Å². The second-order valence-corrected chi connectivity index (χ2v) is 3.53. The molecule has 2 heterocycles. The Labute approximate surface area is 91.1 Å². The van der Waals surface area contributed by atoms with E-state index in [1.54, 1.807) is 18.3 Å². The van der Waals surface area contributed by atoms with Crippen molar-refractivity contribution in [1.29, 1.82) is 0 Å². The maximum absolute atomic E-state index is 13.6. The topological polar surface area (TPSA) is 68.1 Å². The van der Waals surface area contributed by atoms with Crippen molar-refractivity contribution in [1.82, 2.24) is 10.3 Å². The fraction of sp³-hybridized carbons (Fsp3) is 0.300. The van der Waals surface area contributed by atoms with Crippen molar-refractivity contribution in [3.8, 4) is 0 Å². The first kappa shape index (κ1) is 10.7. The summed E-state index contributed by atoms with van der Waals surface area (Å²) in [6.45, 7) is 0.125. The maximum atomic E-state index is 13.6. The lowest BCUT2D eigenvalue weighted by molar-refractivity contribution is -0.508. The summed E-state index contributed by atoms with van der Waals surface area (Å²) < 4.78 is 13.6. The van der Waals surface area contributed by atoms with Crippen LogP contribution in [0.3, 0.4) is 0 Å². The van der Waals surface area contributed by atoms with Crippen molar-refractivity contribution in [3.05, 3.63) is 52.1 Å². The van der Waals surface area contributed by atoms with Crippen LogP contribution in [-0.2, 0) is 0 Å². The van der Waals surface area contributed by atoms with E-state index >= 15 is 0 Å². The number of aromatic nitrogens is 1. The molecule has 0 spiro atoms. The van der Waals surface area contributed by atoms with E-state index in [1.165, 1.54) is 6.20 Å². The fourth-order valence-electron chi connectivity index (χ4n) is 1.63. The van der Waals surface area contributed by atoms with Gasteiger partial charge in [-0.05, 0) is 11.6 Å². The van der Waals surface area contributed by atoms with Gasteiger partial charge in [-0.25, -0.2) is 4.39 Å². The Morgan fingerprint density at radius 2 is 2.44 bits per heavy atom. The van der Waals surface area contributed by atoms with E-state index in [4.69, 9.17) is 0 Å². The average molecular weight is 223 g/mol. The summed E-state index contributed by atoms with van der Waals surface area (Å²) in [5, 5.41) is 13.3. The second kappa shape index (κ2) is 4.36. The minimum atomic E-state index is -0.993. The van der Waals surface area contributed by atoms with Crippen molar-refractivity contribution in [2.75, 3.05) is 6.54 Å². The number of rotatable bonds is 2. The third-order valence-corrected chi connectivity index (χ3v) is 2.45. The molecule has 0 radical (unpaired) electrons. The summed E-state index contributed by atoms with van der Waals surface area (Å²) in [4.78, 5) is 13.9. The summed E-state index contributed by atoms with van der Waals surface area (Å²) >= 11 is 0. The van der Waals surface area contributed by atoms with Crippen LogP contribution in [0.1, 0.15) is 11.6 Å². The zero-order valence-corrected chi connectivity index (χ0v) is 8.34. The Hall–Kier alpha value is -1.82. The van der Waals surface area contributed by atoms with Crippen molar-refractivity contribution >= 4 is 0 Å². The van der Waals surface area contributed by atoms with Gasteiger partial charge in [-0.2, -0.15) is 0 Å². The van der Waals surface area contributed by atoms with Gasteiger partial charge in [0.25, 0.3) is 0 Å². The van der Waals surface area contributed by atoms with Gasteiger partial charge in [0.2, 0.25) is 6.04 Å². The Kier molecular flexibility index (Phi) is 2.91. The quantitative estimate of drug-likeness (QED) is 0.604. The van der Waals surface area contributed by atoms with Crippen LogP contribution in [0.15, 0.2) is 36.4 Å². The standard InChI is InChI=1S/C10H10FN3O2/c11-9-4-8(14(15)16)6-13-10(9)7-2-1-3-12-5-7/h1-5,8,10,13H,6H2. The van der Waals surface area contributed by atoms with Crippen LogP contribution in [0.4, 0.5) is 4.39 Å². The Bertz CT molecular complexity index is 421. The van der Waals surface area contributed by atoms with Gasteiger partial charge in [0.05, 0.1) is 12.6 Å². The van der Waals surface area contributed by atoms with Crippen molar-refractivity contribution in [2.45, 2.75) is 12.1 Å². The lowest BCUT2D eigenvalue weighted by Gasteiger charge is -2.22. The Morgan fingerprint density at radius 1 is 1.62 bits per heavy atom. The molecular weight excluding hydrogens is 213 g/mol. The normalized spacial score (nSPS) is 24.9. The van der Waals surface area contributed by atoms with E-state index in [-0.39, 0.29) is 6.54 Å². The summed E-state index contributed by atoms with van der Waals surface area (Å²) in [5.74, 6) is -0.527. The second-order valence-electron chi connectivity index (χ2n) is 3.53. The molecule has 0 amide bonds.